The largest absolute Gasteiger partial charge is 0.342 e. The zero-order valence-corrected chi connectivity index (χ0v) is 11.7. The van der Waals surface area contributed by atoms with E-state index >= 15 is 0 Å². The second kappa shape index (κ2) is 5.61. The molecule has 108 valence electrons. The molecule has 2 atom stereocenters. The zero-order chi connectivity index (χ0) is 14.8. The number of halogens is 1. The number of carbonyl (C=O) groups is 2. The van der Waals surface area contributed by atoms with Crippen LogP contribution in [0.5, 0.6) is 0 Å². The Kier molecular flexibility index (Phi) is 4.06. The summed E-state index contributed by atoms with van der Waals surface area (Å²) in [6, 6.07) is 8.44. The van der Waals surface area contributed by atoms with Crippen molar-refractivity contribution in [3.05, 3.63) is 35.9 Å². The van der Waals surface area contributed by atoms with Crippen molar-refractivity contribution in [1.82, 2.24) is 10.2 Å². The average molecular weight is 278 g/mol. The molecule has 1 aromatic carbocycles. The molecular formula is C15H19FN2O2. The molecule has 0 bridgehead atoms. The fourth-order valence-electron chi connectivity index (χ4n) is 2.64. The van der Waals surface area contributed by atoms with Crippen LogP contribution < -0.4 is 5.32 Å². The molecule has 2 amide bonds. The summed E-state index contributed by atoms with van der Waals surface area (Å²) in [5.74, 6) is -0.486. The van der Waals surface area contributed by atoms with Crippen LogP contribution in [0.2, 0.25) is 0 Å². The number of alkyl halides is 1. The van der Waals surface area contributed by atoms with Crippen molar-refractivity contribution < 1.29 is 14.0 Å². The topological polar surface area (TPSA) is 49.4 Å². The molecule has 2 rings (SSSR count). The molecule has 1 aliphatic rings. The predicted octanol–water partition coefficient (Wildman–Crippen LogP) is 1.61. The number of nitrogens with one attached hydrogen (secondary N) is 1. The summed E-state index contributed by atoms with van der Waals surface area (Å²) in [6.07, 6.45) is 0.498. The lowest BCUT2D eigenvalue weighted by Crippen LogP contribution is -2.67. The van der Waals surface area contributed by atoms with Crippen LogP contribution in [0.15, 0.2) is 30.3 Å². The molecule has 4 nitrogen and oxygen atoms in total. The summed E-state index contributed by atoms with van der Waals surface area (Å²) >= 11 is 0. The van der Waals surface area contributed by atoms with E-state index in [9.17, 15) is 14.0 Å². The van der Waals surface area contributed by atoms with Gasteiger partial charge in [-0.3, -0.25) is 9.59 Å². The van der Waals surface area contributed by atoms with Gasteiger partial charge in [0.1, 0.15) is 18.3 Å². The molecule has 1 fully saturated rings. The number of piperazine rings is 1. The van der Waals surface area contributed by atoms with Crippen LogP contribution in [0.25, 0.3) is 0 Å². The average Bonchev–Trinajstić information content (AvgIpc) is 2.48. The van der Waals surface area contributed by atoms with Crippen LogP contribution >= 0.6 is 0 Å². The van der Waals surface area contributed by atoms with E-state index in [1.165, 1.54) is 4.90 Å². The standard InChI is InChI=1S/C15H19FN2O2/c1-3-12-13(19)18(10-9-16)15(2,14(20)17-12)11-7-5-4-6-8-11/h4-8,12H,3,9-10H2,1-2H3,(H,17,20). The predicted molar refractivity (Wildman–Crippen MR) is 73.7 cm³/mol. The van der Waals surface area contributed by atoms with Gasteiger partial charge in [-0.2, -0.15) is 0 Å². The van der Waals surface area contributed by atoms with Crippen molar-refractivity contribution in [3.63, 3.8) is 0 Å². The fraction of sp³-hybridized carbons (Fsp3) is 0.467. The molecule has 0 saturated carbocycles. The Balaban J connectivity index is 2.48. The highest BCUT2D eigenvalue weighted by Crippen LogP contribution is 2.32. The zero-order valence-electron chi connectivity index (χ0n) is 11.7. The summed E-state index contributed by atoms with van der Waals surface area (Å²) in [4.78, 5) is 26.3. The fourth-order valence-corrected chi connectivity index (χ4v) is 2.64. The first kappa shape index (κ1) is 14.5. The first-order valence-electron chi connectivity index (χ1n) is 6.79. The minimum Gasteiger partial charge on any atom is -0.342 e. The normalized spacial score (nSPS) is 26.6. The summed E-state index contributed by atoms with van der Waals surface area (Å²) in [7, 11) is 0. The quantitative estimate of drug-likeness (QED) is 0.909. The van der Waals surface area contributed by atoms with Crippen LogP contribution in [-0.4, -0.2) is 36.0 Å². The van der Waals surface area contributed by atoms with E-state index in [2.05, 4.69) is 5.32 Å². The minimum atomic E-state index is -1.16. The third-order valence-electron chi connectivity index (χ3n) is 3.90. The van der Waals surface area contributed by atoms with Crippen molar-refractivity contribution >= 4 is 11.8 Å². The van der Waals surface area contributed by atoms with Crippen LogP contribution in [0.1, 0.15) is 25.8 Å². The van der Waals surface area contributed by atoms with Crippen LogP contribution in [0.4, 0.5) is 4.39 Å². The van der Waals surface area contributed by atoms with Crippen molar-refractivity contribution in [2.75, 3.05) is 13.2 Å². The third kappa shape index (κ3) is 2.17. The summed E-state index contributed by atoms with van der Waals surface area (Å²) in [5.41, 5.74) is -0.468. The Morgan fingerprint density at radius 2 is 1.95 bits per heavy atom. The van der Waals surface area contributed by atoms with E-state index in [1.807, 2.05) is 13.0 Å². The highest BCUT2D eigenvalue weighted by molar-refractivity contribution is 6.00. The van der Waals surface area contributed by atoms with Gasteiger partial charge in [-0.15, -0.1) is 0 Å². The lowest BCUT2D eigenvalue weighted by atomic mass is 9.85. The van der Waals surface area contributed by atoms with Gasteiger partial charge in [0.15, 0.2) is 0 Å². The molecule has 2 unspecified atom stereocenters. The lowest BCUT2D eigenvalue weighted by molar-refractivity contribution is -0.157. The van der Waals surface area contributed by atoms with Crippen molar-refractivity contribution in [2.45, 2.75) is 31.8 Å². The van der Waals surface area contributed by atoms with Crippen molar-refractivity contribution in [2.24, 2.45) is 0 Å². The van der Waals surface area contributed by atoms with Gasteiger partial charge < -0.3 is 10.2 Å². The van der Waals surface area contributed by atoms with Gasteiger partial charge in [0.2, 0.25) is 5.91 Å². The van der Waals surface area contributed by atoms with Crippen LogP contribution in [0.3, 0.4) is 0 Å². The smallest absolute Gasteiger partial charge is 0.251 e. The van der Waals surface area contributed by atoms with Crippen molar-refractivity contribution in [3.8, 4) is 0 Å². The van der Waals surface area contributed by atoms with Gasteiger partial charge in [-0.25, -0.2) is 4.39 Å². The molecule has 0 radical (unpaired) electrons. The van der Waals surface area contributed by atoms with Gasteiger partial charge in [-0.1, -0.05) is 37.3 Å². The van der Waals surface area contributed by atoms with Crippen molar-refractivity contribution in [1.29, 1.82) is 0 Å². The van der Waals surface area contributed by atoms with E-state index in [4.69, 9.17) is 0 Å². The number of carbonyl (C=O) groups excluding carboxylic acids is 2. The van der Waals surface area contributed by atoms with E-state index in [1.54, 1.807) is 31.2 Å². The Morgan fingerprint density at radius 1 is 1.30 bits per heavy atom. The Labute approximate surface area is 118 Å². The number of hydrogen-bond acceptors (Lipinski definition) is 2. The van der Waals surface area contributed by atoms with Crippen LogP contribution in [0, 0.1) is 0 Å². The maximum absolute atomic E-state index is 12.8. The highest BCUT2D eigenvalue weighted by atomic mass is 19.1. The van der Waals surface area contributed by atoms with E-state index in [0.29, 0.717) is 12.0 Å². The molecule has 20 heavy (non-hydrogen) atoms. The maximum Gasteiger partial charge on any atom is 0.251 e. The number of nitrogens with zero attached hydrogens (tertiary/aromatic N) is 1. The van der Waals surface area contributed by atoms with E-state index < -0.39 is 18.3 Å². The SMILES string of the molecule is CCC1NC(=O)C(C)(c2ccccc2)N(CCF)C1=O. The van der Waals surface area contributed by atoms with Gasteiger partial charge in [-0.05, 0) is 18.9 Å². The second-order valence-corrected chi connectivity index (χ2v) is 5.05. The third-order valence-corrected chi connectivity index (χ3v) is 3.90. The van der Waals surface area contributed by atoms with Crippen LogP contribution in [-0.2, 0) is 15.1 Å². The lowest BCUT2D eigenvalue weighted by Gasteiger charge is -2.46. The molecule has 0 aromatic heterocycles. The minimum absolute atomic E-state index is 0.0753. The molecule has 1 aliphatic heterocycles. The molecular weight excluding hydrogens is 259 g/mol. The number of benzene rings is 1. The maximum atomic E-state index is 12.8. The molecule has 0 spiro atoms. The van der Waals surface area contributed by atoms with E-state index in [0.717, 1.165) is 0 Å². The van der Waals surface area contributed by atoms with Gasteiger partial charge >= 0.3 is 0 Å². The highest BCUT2D eigenvalue weighted by Gasteiger charge is 2.49. The summed E-state index contributed by atoms with van der Waals surface area (Å²) < 4.78 is 12.8. The molecule has 1 aromatic rings. The number of hydrogen-bond donors (Lipinski definition) is 1. The molecule has 1 saturated heterocycles. The van der Waals surface area contributed by atoms with E-state index in [-0.39, 0.29) is 18.4 Å². The second-order valence-electron chi connectivity index (χ2n) is 5.05. The Bertz CT molecular complexity index is 506. The van der Waals surface area contributed by atoms with Gasteiger partial charge in [0.25, 0.3) is 5.91 Å². The summed E-state index contributed by atoms with van der Waals surface area (Å²) in [6.45, 7) is 2.74. The Morgan fingerprint density at radius 3 is 2.50 bits per heavy atom. The molecule has 0 aliphatic carbocycles. The first-order chi connectivity index (χ1) is 9.55. The first-order valence-corrected chi connectivity index (χ1v) is 6.79. The molecule has 5 heteroatoms. The number of amides is 2. The molecule has 1 N–H and O–H groups in total. The van der Waals surface area contributed by atoms with Gasteiger partial charge in [0, 0.05) is 0 Å². The van der Waals surface area contributed by atoms with Gasteiger partial charge in [0.05, 0.1) is 6.54 Å². The Hall–Kier alpha value is -1.91. The number of rotatable bonds is 4. The summed E-state index contributed by atoms with van der Waals surface area (Å²) in [5, 5.41) is 2.74. The molecule has 1 heterocycles. The monoisotopic (exact) mass is 278 g/mol.